The zero-order valence-electron chi connectivity index (χ0n) is 11.2. The van der Waals surface area contributed by atoms with Crippen molar-refractivity contribution in [3.8, 4) is 0 Å². The summed E-state index contributed by atoms with van der Waals surface area (Å²) in [5.74, 6) is 0. The molecule has 0 aliphatic heterocycles. The van der Waals surface area contributed by atoms with Crippen LogP contribution in [0.15, 0.2) is 18.3 Å². The third-order valence-corrected chi connectivity index (χ3v) is 4.10. The molecular weight excluding hydrogens is 277 g/mol. The fraction of sp³-hybridized carbons (Fsp3) is 0.583. The number of pyridine rings is 1. The van der Waals surface area contributed by atoms with Crippen LogP contribution in [0.25, 0.3) is 0 Å². The molecule has 0 radical (unpaired) electrons. The topological polar surface area (TPSA) is 48.0 Å². The average molecular weight is 294 g/mol. The van der Waals surface area contributed by atoms with Crippen molar-refractivity contribution in [3.05, 3.63) is 29.6 Å². The van der Waals surface area contributed by atoms with Crippen molar-refractivity contribution in [2.45, 2.75) is 44.7 Å². The van der Waals surface area contributed by atoms with Crippen molar-refractivity contribution < 1.29 is 17.7 Å². The van der Waals surface area contributed by atoms with E-state index < -0.39 is 28.0 Å². The van der Waals surface area contributed by atoms with Gasteiger partial charge in [0, 0.05) is 17.6 Å². The molecule has 2 atom stereocenters. The van der Waals surface area contributed by atoms with E-state index >= 15 is 0 Å². The number of hydrogen-bond donors (Lipinski definition) is 1. The Morgan fingerprint density at radius 1 is 1.26 bits per heavy atom. The highest BCUT2D eigenvalue weighted by Gasteiger charge is 2.33. The van der Waals surface area contributed by atoms with E-state index in [0.717, 1.165) is 12.3 Å². The van der Waals surface area contributed by atoms with E-state index in [1.54, 1.807) is 6.92 Å². The van der Waals surface area contributed by atoms with E-state index in [2.05, 4.69) is 9.71 Å². The third kappa shape index (κ3) is 4.67. The van der Waals surface area contributed by atoms with Crippen molar-refractivity contribution in [3.63, 3.8) is 0 Å². The molecule has 1 unspecified atom stereocenters. The van der Waals surface area contributed by atoms with Gasteiger partial charge in [-0.1, -0.05) is 6.07 Å². The Morgan fingerprint density at radius 2 is 1.84 bits per heavy atom. The van der Waals surface area contributed by atoms with Gasteiger partial charge in [0.05, 0.1) is 6.04 Å². The molecule has 0 aliphatic rings. The average Bonchev–Trinajstić information content (AvgIpc) is 2.26. The maximum absolute atomic E-state index is 12.4. The zero-order chi connectivity index (χ0) is 14.8. The molecule has 0 saturated carbocycles. The molecule has 1 heterocycles. The van der Waals surface area contributed by atoms with Crippen LogP contribution in [0.1, 0.15) is 45.0 Å². The van der Waals surface area contributed by atoms with Gasteiger partial charge in [-0.3, -0.25) is 4.98 Å². The van der Waals surface area contributed by atoms with E-state index in [-0.39, 0.29) is 6.04 Å². The first-order valence-electron chi connectivity index (χ1n) is 5.73. The Morgan fingerprint density at radius 3 is 2.21 bits per heavy atom. The van der Waals surface area contributed by atoms with Gasteiger partial charge in [0.2, 0.25) is 0 Å². The number of aromatic nitrogens is 1. The fourth-order valence-corrected chi connectivity index (χ4v) is 2.05. The largest absolute Gasteiger partial charge is 0.598 e. The van der Waals surface area contributed by atoms with Crippen LogP contribution in [0.2, 0.25) is 0 Å². The Labute approximate surface area is 113 Å². The summed E-state index contributed by atoms with van der Waals surface area (Å²) in [4.78, 5) is 3.38. The highest BCUT2D eigenvalue weighted by Crippen LogP contribution is 2.28. The van der Waals surface area contributed by atoms with Gasteiger partial charge in [0.25, 0.3) is 0 Å². The van der Waals surface area contributed by atoms with Gasteiger partial charge >= 0.3 is 6.18 Å². The molecule has 3 nitrogen and oxygen atoms in total. The predicted molar refractivity (Wildman–Crippen MR) is 68.7 cm³/mol. The molecule has 7 heteroatoms. The minimum Gasteiger partial charge on any atom is -0.598 e. The minimum atomic E-state index is -4.44. The molecule has 0 spiro atoms. The van der Waals surface area contributed by atoms with Crippen molar-refractivity contribution >= 4 is 11.4 Å². The molecule has 0 aromatic carbocycles. The van der Waals surface area contributed by atoms with Crippen molar-refractivity contribution in [1.82, 2.24) is 9.71 Å². The summed E-state index contributed by atoms with van der Waals surface area (Å²) in [7, 11) is 0. The van der Waals surface area contributed by atoms with E-state index in [0.29, 0.717) is 5.56 Å². The molecule has 0 fully saturated rings. The van der Waals surface area contributed by atoms with Crippen LogP contribution in [0.3, 0.4) is 0 Å². The Bertz CT molecular complexity index is 414. The van der Waals surface area contributed by atoms with E-state index in [1.165, 1.54) is 6.07 Å². The summed E-state index contributed by atoms with van der Waals surface area (Å²) in [5.41, 5.74) is -0.369. The number of nitrogens with zero attached hydrogens (tertiary/aromatic N) is 1. The fourth-order valence-electron chi connectivity index (χ4n) is 1.23. The molecule has 0 saturated heterocycles. The van der Waals surface area contributed by atoms with Crippen LogP contribution in [0, 0.1) is 0 Å². The molecule has 0 aliphatic carbocycles. The monoisotopic (exact) mass is 294 g/mol. The number of halogens is 3. The first-order valence-corrected chi connectivity index (χ1v) is 6.88. The molecule has 1 aromatic rings. The second kappa shape index (κ2) is 5.68. The van der Waals surface area contributed by atoms with E-state index in [9.17, 15) is 17.7 Å². The van der Waals surface area contributed by atoms with Crippen LogP contribution >= 0.6 is 0 Å². The first kappa shape index (κ1) is 16.3. The van der Waals surface area contributed by atoms with Crippen molar-refractivity contribution in [2.75, 3.05) is 0 Å². The maximum Gasteiger partial charge on any atom is 0.433 e. The van der Waals surface area contributed by atoms with Crippen LogP contribution in [0.5, 0.6) is 0 Å². The zero-order valence-corrected chi connectivity index (χ0v) is 12.0. The van der Waals surface area contributed by atoms with Crippen LogP contribution < -0.4 is 4.72 Å². The Kier molecular flexibility index (Phi) is 4.86. The molecule has 1 aromatic heterocycles. The lowest BCUT2D eigenvalue weighted by atomic mass is 10.1. The Balaban J connectivity index is 2.76. The lowest BCUT2D eigenvalue weighted by molar-refractivity contribution is -0.141. The third-order valence-electron chi connectivity index (χ3n) is 2.42. The normalized spacial score (nSPS) is 16.2. The minimum absolute atomic E-state index is 0.338. The summed E-state index contributed by atoms with van der Waals surface area (Å²) >= 11 is -1.29. The highest BCUT2D eigenvalue weighted by molar-refractivity contribution is 7.90. The van der Waals surface area contributed by atoms with E-state index in [1.807, 2.05) is 20.8 Å². The van der Waals surface area contributed by atoms with Gasteiger partial charge in [-0.05, 0) is 39.3 Å². The molecule has 0 bridgehead atoms. The van der Waals surface area contributed by atoms with Crippen molar-refractivity contribution in [2.24, 2.45) is 0 Å². The van der Waals surface area contributed by atoms with Crippen LogP contribution in [0.4, 0.5) is 13.2 Å². The Hall–Kier alpha value is -0.790. The lowest BCUT2D eigenvalue weighted by Gasteiger charge is -2.26. The summed E-state index contributed by atoms with van der Waals surface area (Å²) in [5, 5.41) is 0. The maximum atomic E-state index is 12.4. The van der Waals surface area contributed by atoms with Gasteiger partial charge in [0.1, 0.15) is 10.4 Å². The number of nitrogens with one attached hydrogen (secondary N) is 1. The molecule has 108 valence electrons. The van der Waals surface area contributed by atoms with Crippen LogP contribution in [-0.4, -0.2) is 14.3 Å². The summed E-state index contributed by atoms with van der Waals surface area (Å²) < 4.78 is 51.4. The number of alkyl halides is 3. The summed E-state index contributed by atoms with van der Waals surface area (Å²) in [6, 6.07) is 1.93. The highest BCUT2D eigenvalue weighted by atomic mass is 32.2. The molecular formula is C12H17F3N2OS. The van der Waals surface area contributed by atoms with Gasteiger partial charge < -0.3 is 4.55 Å². The SMILES string of the molecule is C[C@@H](N[S+]([O-])C(C)(C)C)c1ccc(C(F)(F)F)nc1. The van der Waals surface area contributed by atoms with Gasteiger partial charge in [0.15, 0.2) is 0 Å². The van der Waals surface area contributed by atoms with Gasteiger partial charge in [-0.15, -0.1) is 4.72 Å². The van der Waals surface area contributed by atoms with Gasteiger partial charge in [-0.2, -0.15) is 13.2 Å². The van der Waals surface area contributed by atoms with Crippen molar-refractivity contribution in [1.29, 1.82) is 0 Å². The standard InChI is InChI=1S/C12H17F3N2OS/c1-8(17-19(18)11(2,3)4)9-5-6-10(16-7-9)12(13,14)15/h5-8,17H,1-4H3/t8-,19?/m1/s1. The number of hydrogen-bond acceptors (Lipinski definition) is 3. The second-order valence-corrected chi connectivity index (χ2v) is 7.19. The lowest BCUT2D eigenvalue weighted by Crippen LogP contribution is -2.40. The molecule has 1 rings (SSSR count). The summed E-state index contributed by atoms with van der Waals surface area (Å²) in [6.07, 6.45) is -3.29. The smallest absolute Gasteiger partial charge is 0.433 e. The molecule has 19 heavy (non-hydrogen) atoms. The quantitative estimate of drug-likeness (QED) is 0.871. The molecule has 1 N–H and O–H groups in total. The predicted octanol–water partition coefficient (Wildman–Crippen LogP) is 3.21. The van der Waals surface area contributed by atoms with E-state index in [4.69, 9.17) is 0 Å². The number of rotatable bonds is 3. The second-order valence-electron chi connectivity index (χ2n) is 5.20. The van der Waals surface area contributed by atoms with Crippen LogP contribution in [-0.2, 0) is 17.5 Å². The summed E-state index contributed by atoms with van der Waals surface area (Å²) in [6.45, 7) is 7.17. The van der Waals surface area contributed by atoms with Gasteiger partial charge in [-0.25, -0.2) is 0 Å². The molecule has 0 amide bonds. The first-order chi connectivity index (χ1) is 8.51.